The van der Waals surface area contributed by atoms with E-state index in [0.717, 1.165) is 28.0 Å². The Bertz CT molecular complexity index is 681. The van der Waals surface area contributed by atoms with Gasteiger partial charge in [-0.3, -0.25) is 9.08 Å². The van der Waals surface area contributed by atoms with Crippen molar-refractivity contribution in [1.29, 1.82) is 0 Å². The molecule has 0 radical (unpaired) electrons. The van der Waals surface area contributed by atoms with Crippen LogP contribution in [0, 0.1) is 0 Å². The number of thiazole rings is 1. The molecule has 100 valence electrons. The predicted molar refractivity (Wildman–Crippen MR) is 77.8 cm³/mol. The molecule has 3 rings (SSSR count). The summed E-state index contributed by atoms with van der Waals surface area (Å²) in [5.41, 5.74) is 1.21. The van der Waals surface area contributed by atoms with Gasteiger partial charge in [0.15, 0.2) is 4.96 Å². The van der Waals surface area contributed by atoms with Crippen molar-refractivity contribution in [2.45, 2.75) is 23.4 Å². The molecular formula is C12H15N5S2. The average molecular weight is 293 g/mol. The molecule has 0 aromatic carbocycles. The van der Waals surface area contributed by atoms with Crippen LogP contribution in [0.25, 0.3) is 4.96 Å². The lowest BCUT2D eigenvalue weighted by molar-refractivity contribution is 0.694. The van der Waals surface area contributed by atoms with Crippen LogP contribution < -0.4 is 5.32 Å². The molecule has 3 aromatic rings. The molecular weight excluding hydrogens is 278 g/mol. The number of imidazole rings is 1. The van der Waals surface area contributed by atoms with Crippen LogP contribution >= 0.6 is 23.1 Å². The van der Waals surface area contributed by atoms with Gasteiger partial charge in [-0.15, -0.1) is 11.3 Å². The minimum absolute atomic E-state index is 0.830. The van der Waals surface area contributed by atoms with E-state index in [1.54, 1.807) is 23.1 Å². The Hall–Kier alpha value is -1.31. The van der Waals surface area contributed by atoms with E-state index in [1.165, 1.54) is 5.69 Å². The quantitative estimate of drug-likeness (QED) is 0.784. The maximum Gasteiger partial charge on any atom is 0.194 e. The van der Waals surface area contributed by atoms with Crippen molar-refractivity contribution in [1.82, 2.24) is 24.5 Å². The van der Waals surface area contributed by atoms with Gasteiger partial charge in [-0.05, 0) is 6.54 Å². The number of rotatable bonds is 5. The van der Waals surface area contributed by atoms with E-state index in [1.807, 2.05) is 24.1 Å². The van der Waals surface area contributed by atoms with Crippen molar-refractivity contribution in [2.75, 3.05) is 6.54 Å². The van der Waals surface area contributed by atoms with Crippen LogP contribution in [0.15, 0.2) is 33.9 Å². The first-order valence-corrected chi connectivity index (χ1v) is 7.79. The summed E-state index contributed by atoms with van der Waals surface area (Å²) in [7, 11) is 1.93. The second-order valence-electron chi connectivity index (χ2n) is 4.15. The largest absolute Gasteiger partial charge is 0.311 e. The molecule has 0 saturated carbocycles. The van der Waals surface area contributed by atoms with Crippen molar-refractivity contribution in [2.24, 2.45) is 7.05 Å². The van der Waals surface area contributed by atoms with Gasteiger partial charge >= 0.3 is 0 Å². The highest BCUT2D eigenvalue weighted by Crippen LogP contribution is 2.31. The smallest absolute Gasteiger partial charge is 0.194 e. The molecule has 0 saturated heterocycles. The van der Waals surface area contributed by atoms with Crippen LogP contribution in [-0.4, -0.2) is 25.7 Å². The summed E-state index contributed by atoms with van der Waals surface area (Å²) < 4.78 is 3.97. The topological polar surface area (TPSA) is 47.2 Å². The lowest BCUT2D eigenvalue weighted by Gasteiger charge is -2.03. The minimum Gasteiger partial charge on any atom is -0.311 e. The van der Waals surface area contributed by atoms with Crippen LogP contribution in [-0.2, 0) is 13.6 Å². The number of nitrogens with one attached hydrogen (secondary N) is 1. The summed E-state index contributed by atoms with van der Waals surface area (Å²) in [6, 6.07) is 0. The molecule has 0 amide bonds. The van der Waals surface area contributed by atoms with Crippen molar-refractivity contribution in [3.63, 3.8) is 0 Å². The summed E-state index contributed by atoms with van der Waals surface area (Å²) in [4.78, 5) is 6.86. The number of aryl methyl sites for hydroxylation is 1. The third-order valence-corrected chi connectivity index (χ3v) is 4.49. The molecule has 3 aromatic heterocycles. The molecule has 0 spiro atoms. The van der Waals surface area contributed by atoms with Crippen LogP contribution in [0.2, 0.25) is 0 Å². The third-order valence-electron chi connectivity index (χ3n) is 2.76. The minimum atomic E-state index is 0.830. The first-order valence-electron chi connectivity index (χ1n) is 6.09. The maximum absolute atomic E-state index is 4.70. The molecule has 3 heterocycles. The molecule has 0 bridgehead atoms. The SMILES string of the molecule is CCNCc1c(Sc2cnn(C)c2)nc2sccn12. The van der Waals surface area contributed by atoms with Crippen LogP contribution in [0.5, 0.6) is 0 Å². The van der Waals surface area contributed by atoms with E-state index in [4.69, 9.17) is 4.98 Å². The first kappa shape index (κ1) is 12.7. The fraction of sp³-hybridized carbons (Fsp3) is 0.333. The van der Waals surface area contributed by atoms with Gasteiger partial charge in [-0.25, -0.2) is 4.98 Å². The van der Waals surface area contributed by atoms with Gasteiger partial charge in [0, 0.05) is 31.4 Å². The van der Waals surface area contributed by atoms with Crippen LogP contribution in [0.1, 0.15) is 12.6 Å². The van der Waals surface area contributed by atoms with E-state index in [0.29, 0.717) is 0 Å². The highest BCUT2D eigenvalue weighted by molar-refractivity contribution is 7.99. The van der Waals surface area contributed by atoms with Gasteiger partial charge in [0.25, 0.3) is 0 Å². The van der Waals surface area contributed by atoms with Gasteiger partial charge in [-0.2, -0.15) is 5.10 Å². The molecule has 0 aliphatic carbocycles. The molecule has 0 fully saturated rings. The van der Waals surface area contributed by atoms with E-state index >= 15 is 0 Å². The number of fused-ring (bicyclic) bond motifs is 1. The molecule has 0 aliphatic rings. The Balaban J connectivity index is 1.94. The molecule has 0 unspecified atom stereocenters. The Morgan fingerprint density at radius 3 is 3.11 bits per heavy atom. The molecule has 0 aliphatic heterocycles. The summed E-state index contributed by atoms with van der Waals surface area (Å²) in [5, 5.41) is 10.7. The summed E-state index contributed by atoms with van der Waals surface area (Å²) in [5.74, 6) is 0. The Morgan fingerprint density at radius 2 is 2.37 bits per heavy atom. The van der Waals surface area contributed by atoms with Crippen LogP contribution in [0.3, 0.4) is 0 Å². The summed E-state index contributed by atoms with van der Waals surface area (Å²) in [6.45, 7) is 3.89. The zero-order valence-corrected chi connectivity index (χ0v) is 12.5. The van der Waals surface area contributed by atoms with E-state index in [-0.39, 0.29) is 0 Å². The molecule has 1 N–H and O–H groups in total. The number of nitrogens with zero attached hydrogens (tertiary/aromatic N) is 4. The zero-order chi connectivity index (χ0) is 13.2. The second kappa shape index (κ2) is 5.36. The Kier molecular flexibility index (Phi) is 3.58. The highest BCUT2D eigenvalue weighted by Gasteiger charge is 2.14. The number of hydrogen-bond donors (Lipinski definition) is 1. The maximum atomic E-state index is 4.70. The van der Waals surface area contributed by atoms with Crippen molar-refractivity contribution in [3.05, 3.63) is 29.7 Å². The van der Waals surface area contributed by atoms with Crippen molar-refractivity contribution >= 4 is 28.1 Å². The Labute approximate surface area is 119 Å². The van der Waals surface area contributed by atoms with E-state index in [9.17, 15) is 0 Å². The van der Waals surface area contributed by atoms with Gasteiger partial charge in [0.2, 0.25) is 0 Å². The monoisotopic (exact) mass is 293 g/mol. The van der Waals surface area contributed by atoms with E-state index < -0.39 is 0 Å². The summed E-state index contributed by atoms with van der Waals surface area (Å²) in [6.07, 6.45) is 5.96. The lowest BCUT2D eigenvalue weighted by Crippen LogP contribution is -2.13. The van der Waals surface area contributed by atoms with Gasteiger partial charge in [0.05, 0.1) is 16.8 Å². The first-order chi connectivity index (χ1) is 9.28. The van der Waals surface area contributed by atoms with Gasteiger partial charge < -0.3 is 5.32 Å². The molecule has 19 heavy (non-hydrogen) atoms. The van der Waals surface area contributed by atoms with Gasteiger partial charge in [0.1, 0.15) is 5.03 Å². The third kappa shape index (κ3) is 2.54. The zero-order valence-electron chi connectivity index (χ0n) is 10.8. The molecule has 0 atom stereocenters. The Morgan fingerprint density at radius 1 is 1.47 bits per heavy atom. The lowest BCUT2D eigenvalue weighted by atomic mass is 10.4. The number of aromatic nitrogens is 4. The second-order valence-corrected chi connectivity index (χ2v) is 6.09. The average Bonchev–Trinajstić information content (AvgIpc) is 3.05. The number of hydrogen-bond acceptors (Lipinski definition) is 5. The van der Waals surface area contributed by atoms with Gasteiger partial charge in [-0.1, -0.05) is 18.7 Å². The fourth-order valence-electron chi connectivity index (χ4n) is 1.86. The van der Waals surface area contributed by atoms with Crippen molar-refractivity contribution < 1.29 is 0 Å². The molecule has 7 heteroatoms. The summed E-state index contributed by atoms with van der Waals surface area (Å²) >= 11 is 3.33. The predicted octanol–water partition coefficient (Wildman–Crippen LogP) is 2.39. The standard InChI is InChI=1S/C12H15N5S2/c1-3-13-7-10-11(15-12-17(10)4-5-18-12)19-9-6-14-16(2)8-9/h4-6,8,13H,3,7H2,1-2H3. The fourth-order valence-corrected chi connectivity index (χ4v) is 3.60. The molecule has 5 nitrogen and oxygen atoms in total. The van der Waals surface area contributed by atoms with E-state index in [2.05, 4.69) is 33.3 Å². The van der Waals surface area contributed by atoms with Crippen LogP contribution in [0.4, 0.5) is 0 Å². The highest BCUT2D eigenvalue weighted by atomic mass is 32.2. The van der Waals surface area contributed by atoms with Crippen molar-refractivity contribution in [3.8, 4) is 0 Å². The normalized spacial score (nSPS) is 11.5.